The third-order valence-electron chi connectivity index (χ3n) is 3.92. The maximum absolute atomic E-state index is 12.1. The highest BCUT2D eigenvalue weighted by Gasteiger charge is 2.28. The maximum Gasteiger partial charge on any atom is 0.306 e. The van der Waals surface area contributed by atoms with E-state index in [0.29, 0.717) is 18.0 Å². The first-order valence-corrected chi connectivity index (χ1v) is 7.62. The Balaban J connectivity index is 1.60. The zero-order chi connectivity index (χ0) is 16.4. The van der Waals surface area contributed by atoms with Gasteiger partial charge in [0.05, 0.1) is 11.6 Å². The van der Waals surface area contributed by atoms with E-state index in [4.69, 9.17) is 9.63 Å². The predicted molar refractivity (Wildman–Crippen MR) is 83.4 cm³/mol. The molecule has 0 saturated heterocycles. The van der Waals surface area contributed by atoms with Gasteiger partial charge in [-0.15, -0.1) is 0 Å². The number of aliphatic carboxylic acids is 1. The molecule has 1 amide bonds. The summed E-state index contributed by atoms with van der Waals surface area (Å²) in [6.07, 6.45) is 2.66. The molecule has 1 aliphatic rings. The van der Waals surface area contributed by atoms with E-state index in [-0.39, 0.29) is 11.7 Å². The Morgan fingerprint density at radius 3 is 2.65 bits per heavy atom. The summed E-state index contributed by atoms with van der Waals surface area (Å²) >= 11 is 0. The summed E-state index contributed by atoms with van der Waals surface area (Å²) in [5, 5.41) is 15.6. The van der Waals surface area contributed by atoms with E-state index in [9.17, 15) is 9.59 Å². The molecule has 6 heteroatoms. The highest BCUT2D eigenvalue weighted by molar-refractivity contribution is 6.02. The molecule has 6 nitrogen and oxygen atoms in total. The lowest BCUT2D eigenvalue weighted by Gasteiger charge is -2.07. The molecule has 2 aromatic rings. The third-order valence-corrected chi connectivity index (χ3v) is 3.92. The molecule has 1 aromatic carbocycles. The van der Waals surface area contributed by atoms with Crippen LogP contribution in [0.25, 0.3) is 0 Å². The van der Waals surface area contributed by atoms with Crippen molar-refractivity contribution < 1.29 is 19.2 Å². The first-order valence-electron chi connectivity index (χ1n) is 7.62. The lowest BCUT2D eigenvalue weighted by atomic mass is 10.0. The van der Waals surface area contributed by atoms with Crippen LogP contribution in [0.4, 0.5) is 5.69 Å². The maximum atomic E-state index is 12.1. The summed E-state index contributed by atoms with van der Waals surface area (Å²) in [6, 6.07) is 8.81. The van der Waals surface area contributed by atoms with Crippen molar-refractivity contribution in [3.8, 4) is 0 Å². The minimum Gasteiger partial charge on any atom is -0.481 e. The summed E-state index contributed by atoms with van der Waals surface area (Å²) in [7, 11) is 0. The first kappa shape index (κ1) is 15.3. The van der Waals surface area contributed by atoms with Gasteiger partial charge in [0.25, 0.3) is 5.91 Å². The van der Waals surface area contributed by atoms with Crippen molar-refractivity contribution in [1.82, 2.24) is 5.16 Å². The van der Waals surface area contributed by atoms with Gasteiger partial charge in [-0.3, -0.25) is 9.59 Å². The van der Waals surface area contributed by atoms with Gasteiger partial charge in [0.15, 0.2) is 0 Å². The molecule has 1 aromatic heterocycles. The molecule has 1 saturated carbocycles. The second kappa shape index (κ2) is 6.24. The zero-order valence-electron chi connectivity index (χ0n) is 12.8. The Morgan fingerprint density at radius 1 is 1.35 bits per heavy atom. The van der Waals surface area contributed by atoms with Crippen LogP contribution in [0.3, 0.4) is 0 Å². The Bertz CT molecular complexity index is 716. The van der Waals surface area contributed by atoms with Gasteiger partial charge in [0.2, 0.25) is 5.76 Å². The van der Waals surface area contributed by atoms with E-state index >= 15 is 0 Å². The van der Waals surface area contributed by atoms with Crippen LogP contribution >= 0.6 is 0 Å². The second-order valence-corrected chi connectivity index (χ2v) is 5.98. The number of carbonyl (C=O) groups is 2. The molecule has 2 N–H and O–H groups in total. The Labute approximate surface area is 133 Å². The molecule has 3 rings (SSSR count). The van der Waals surface area contributed by atoms with Crippen LogP contribution in [0.1, 0.15) is 47.5 Å². The molecular weight excluding hydrogens is 296 g/mol. The molecule has 0 bridgehead atoms. The third kappa shape index (κ3) is 3.77. The van der Waals surface area contributed by atoms with E-state index in [1.807, 2.05) is 12.1 Å². The molecule has 1 aliphatic carbocycles. The zero-order valence-corrected chi connectivity index (χ0v) is 12.8. The van der Waals surface area contributed by atoms with Crippen molar-refractivity contribution in [2.45, 2.75) is 32.1 Å². The molecule has 0 spiro atoms. The fraction of sp³-hybridized carbons (Fsp3) is 0.353. The first-order chi connectivity index (χ1) is 11.0. The van der Waals surface area contributed by atoms with Crippen LogP contribution in [0.15, 0.2) is 34.9 Å². The number of carboxylic acid groups (broad SMARTS) is 1. The highest BCUT2D eigenvalue weighted by Crippen LogP contribution is 2.39. The van der Waals surface area contributed by atoms with Gasteiger partial charge in [-0.1, -0.05) is 24.2 Å². The van der Waals surface area contributed by atoms with Gasteiger partial charge in [0, 0.05) is 17.7 Å². The fourth-order valence-corrected chi connectivity index (χ4v) is 2.33. The van der Waals surface area contributed by atoms with Crippen molar-refractivity contribution in [2.24, 2.45) is 5.92 Å². The number of anilines is 1. The van der Waals surface area contributed by atoms with Gasteiger partial charge < -0.3 is 14.9 Å². The van der Waals surface area contributed by atoms with E-state index < -0.39 is 11.9 Å². The van der Waals surface area contributed by atoms with Crippen LogP contribution in [-0.2, 0) is 11.2 Å². The minimum atomic E-state index is -0.820. The van der Waals surface area contributed by atoms with E-state index in [1.165, 1.54) is 0 Å². The van der Waals surface area contributed by atoms with Crippen LogP contribution in [0, 0.1) is 5.92 Å². The number of carboxylic acids is 1. The van der Waals surface area contributed by atoms with Gasteiger partial charge >= 0.3 is 5.97 Å². The number of nitrogens with zero attached hydrogens (tertiary/aromatic N) is 1. The Kier molecular flexibility index (Phi) is 4.14. The number of benzene rings is 1. The number of rotatable bonds is 6. The number of nitrogens with one attached hydrogen (secondary N) is 1. The largest absolute Gasteiger partial charge is 0.481 e. The second-order valence-electron chi connectivity index (χ2n) is 5.98. The van der Waals surface area contributed by atoms with Crippen LogP contribution in [0.2, 0.25) is 0 Å². The van der Waals surface area contributed by atoms with Crippen molar-refractivity contribution in [3.05, 3.63) is 47.3 Å². The van der Waals surface area contributed by atoms with Gasteiger partial charge in [-0.2, -0.15) is 0 Å². The van der Waals surface area contributed by atoms with E-state index in [0.717, 1.165) is 24.1 Å². The van der Waals surface area contributed by atoms with Crippen LogP contribution in [0.5, 0.6) is 0 Å². The number of hydrogen-bond donors (Lipinski definition) is 2. The quantitative estimate of drug-likeness (QED) is 0.855. The molecular formula is C17H18N2O4. The molecule has 0 radical (unpaired) electrons. The number of aromatic nitrogens is 1. The number of carbonyl (C=O) groups excluding carboxylic acids is 1. The van der Waals surface area contributed by atoms with Crippen molar-refractivity contribution in [1.29, 1.82) is 0 Å². The lowest BCUT2D eigenvalue weighted by molar-refractivity contribution is -0.141. The molecule has 0 unspecified atom stereocenters. The molecule has 1 heterocycles. The van der Waals surface area contributed by atoms with Crippen molar-refractivity contribution >= 4 is 17.6 Å². The van der Waals surface area contributed by atoms with Gasteiger partial charge in [0.1, 0.15) is 0 Å². The summed E-state index contributed by atoms with van der Waals surface area (Å²) in [5.41, 5.74) is 2.38. The standard InChI is InChI=1S/C17H18N2O4/c1-10(17(21)22)8-11-2-6-13(7-3-11)18-16(20)15-9-14(19-23-15)12-4-5-12/h2-3,6-7,9-10,12H,4-5,8H2,1H3,(H,18,20)(H,21,22)/t10-/m1/s1. The molecule has 1 atom stereocenters. The lowest BCUT2D eigenvalue weighted by Crippen LogP contribution is -2.13. The number of amides is 1. The van der Waals surface area contributed by atoms with E-state index in [2.05, 4.69) is 10.5 Å². The Morgan fingerprint density at radius 2 is 2.04 bits per heavy atom. The molecule has 1 fully saturated rings. The highest BCUT2D eigenvalue weighted by atomic mass is 16.5. The summed E-state index contributed by atoms with van der Waals surface area (Å²) < 4.78 is 5.08. The summed E-state index contributed by atoms with van der Waals surface area (Å²) in [4.78, 5) is 23.0. The van der Waals surface area contributed by atoms with Crippen LogP contribution < -0.4 is 5.32 Å². The topological polar surface area (TPSA) is 92.4 Å². The van der Waals surface area contributed by atoms with Crippen molar-refractivity contribution in [3.63, 3.8) is 0 Å². The summed E-state index contributed by atoms with van der Waals surface area (Å²) in [5.74, 6) is -0.952. The minimum absolute atomic E-state index is 0.204. The SMILES string of the molecule is C[C@H](Cc1ccc(NC(=O)c2cc(C3CC3)no2)cc1)C(=O)O. The Hall–Kier alpha value is -2.63. The summed E-state index contributed by atoms with van der Waals surface area (Å²) in [6.45, 7) is 1.67. The fourth-order valence-electron chi connectivity index (χ4n) is 2.33. The van der Waals surface area contributed by atoms with Crippen LogP contribution in [-0.4, -0.2) is 22.1 Å². The van der Waals surface area contributed by atoms with Gasteiger partial charge in [-0.25, -0.2) is 0 Å². The van der Waals surface area contributed by atoms with Crippen molar-refractivity contribution in [2.75, 3.05) is 5.32 Å². The van der Waals surface area contributed by atoms with Gasteiger partial charge in [-0.05, 0) is 37.0 Å². The molecule has 120 valence electrons. The molecule has 23 heavy (non-hydrogen) atoms. The molecule has 0 aliphatic heterocycles. The normalized spacial score (nSPS) is 15.2. The average Bonchev–Trinajstić information content (AvgIpc) is 3.26. The average molecular weight is 314 g/mol. The monoisotopic (exact) mass is 314 g/mol. The predicted octanol–water partition coefficient (Wildman–Crippen LogP) is 3.07. The number of hydrogen-bond acceptors (Lipinski definition) is 4. The van der Waals surface area contributed by atoms with E-state index in [1.54, 1.807) is 25.1 Å². The smallest absolute Gasteiger partial charge is 0.306 e.